The lowest BCUT2D eigenvalue weighted by Crippen LogP contribution is -2.33. The Labute approximate surface area is 183 Å². The van der Waals surface area contributed by atoms with E-state index in [1.807, 2.05) is 48.5 Å². The van der Waals surface area contributed by atoms with Crippen molar-refractivity contribution in [3.05, 3.63) is 102 Å². The molecule has 0 spiro atoms. The van der Waals surface area contributed by atoms with E-state index >= 15 is 0 Å². The van der Waals surface area contributed by atoms with Crippen LogP contribution in [0.5, 0.6) is 0 Å². The Hall–Kier alpha value is -3.64. The number of carbonyl (C=O) groups is 2. The zero-order valence-electron chi connectivity index (χ0n) is 16.5. The van der Waals surface area contributed by atoms with Crippen LogP contribution in [0.1, 0.15) is 10.4 Å². The molecule has 0 radical (unpaired) electrons. The molecule has 0 aliphatic rings. The highest BCUT2D eigenvalue weighted by Crippen LogP contribution is 2.33. The Kier molecular flexibility index (Phi) is 6.29. The van der Waals surface area contributed by atoms with Gasteiger partial charge in [-0.3, -0.25) is 9.59 Å². The van der Waals surface area contributed by atoms with E-state index in [0.29, 0.717) is 11.3 Å². The predicted molar refractivity (Wildman–Crippen MR) is 122 cm³/mol. The van der Waals surface area contributed by atoms with Crippen molar-refractivity contribution in [1.29, 1.82) is 0 Å². The molecule has 0 heterocycles. The van der Waals surface area contributed by atoms with Crippen LogP contribution >= 0.6 is 11.8 Å². The Bertz CT molecular complexity index is 1250. The van der Waals surface area contributed by atoms with Gasteiger partial charge in [-0.2, -0.15) is 0 Å². The van der Waals surface area contributed by atoms with E-state index in [-0.39, 0.29) is 24.2 Å². The fourth-order valence-electron chi connectivity index (χ4n) is 3.19. The number of benzene rings is 4. The zero-order valence-corrected chi connectivity index (χ0v) is 17.3. The van der Waals surface area contributed by atoms with E-state index in [2.05, 4.69) is 10.6 Å². The van der Waals surface area contributed by atoms with E-state index in [1.54, 1.807) is 30.3 Å². The third-order valence-corrected chi connectivity index (χ3v) is 5.69. The van der Waals surface area contributed by atoms with Crippen LogP contribution in [0.15, 0.2) is 101 Å². The topological polar surface area (TPSA) is 58.2 Å². The van der Waals surface area contributed by atoms with E-state index < -0.39 is 0 Å². The summed E-state index contributed by atoms with van der Waals surface area (Å²) in [5.74, 6) is -0.974. The molecule has 31 heavy (non-hydrogen) atoms. The fraction of sp³-hybridized carbons (Fsp3) is 0.0400. The number of hydrogen-bond acceptors (Lipinski definition) is 3. The van der Waals surface area contributed by atoms with Crippen LogP contribution in [0.25, 0.3) is 10.8 Å². The number of fused-ring (bicyclic) bond motifs is 1. The second kappa shape index (κ2) is 9.45. The molecule has 0 unspecified atom stereocenters. The fourth-order valence-corrected chi connectivity index (χ4v) is 4.14. The molecule has 4 rings (SSSR count). The molecule has 2 N–H and O–H groups in total. The summed E-state index contributed by atoms with van der Waals surface area (Å²) in [5.41, 5.74) is 1.12. The smallest absolute Gasteiger partial charge is 0.252 e. The molecule has 4 aromatic carbocycles. The molecule has 0 saturated heterocycles. The Morgan fingerprint density at radius 2 is 1.58 bits per heavy atom. The summed E-state index contributed by atoms with van der Waals surface area (Å²) in [5, 5.41) is 7.30. The maximum Gasteiger partial charge on any atom is 0.252 e. The molecule has 2 amide bonds. The van der Waals surface area contributed by atoms with Gasteiger partial charge in [0.05, 0.1) is 12.2 Å². The van der Waals surface area contributed by atoms with Crippen molar-refractivity contribution < 1.29 is 14.0 Å². The number of anilines is 1. The number of carbonyl (C=O) groups excluding carboxylic acids is 2. The normalized spacial score (nSPS) is 10.6. The van der Waals surface area contributed by atoms with Crippen molar-refractivity contribution in [3.63, 3.8) is 0 Å². The highest BCUT2D eigenvalue weighted by atomic mass is 32.2. The van der Waals surface area contributed by atoms with Crippen molar-refractivity contribution >= 4 is 40.0 Å². The van der Waals surface area contributed by atoms with E-state index in [9.17, 15) is 14.0 Å². The third-order valence-electron chi connectivity index (χ3n) is 4.63. The summed E-state index contributed by atoms with van der Waals surface area (Å²) in [6.45, 7) is -0.166. The molecule has 0 aliphatic heterocycles. The SMILES string of the molecule is O=C(CNC(=O)c1cccc2ccccc12)Nc1ccccc1Sc1cccc(F)c1. The summed E-state index contributed by atoms with van der Waals surface area (Å²) in [6, 6.07) is 26.6. The van der Waals surface area contributed by atoms with Crippen molar-refractivity contribution in [2.45, 2.75) is 9.79 Å². The minimum absolute atomic E-state index is 0.166. The molecule has 0 aliphatic carbocycles. The number of nitrogens with one attached hydrogen (secondary N) is 2. The number of hydrogen-bond donors (Lipinski definition) is 2. The molecule has 0 aromatic heterocycles. The van der Waals surface area contributed by atoms with Gasteiger partial charge in [-0.05, 0) is 47.2 Å². The maximum absolute atomic E-state index is 13.5. The van der Waals surface area contributed by atoms with Gasteiger partial charge in [0.25, 0.3) is 5.91 Å². The predicted octanol–water partition coefficient (Wildman–Crippen LogP) is 5.50. The van der Waals surface area contributed by atoms with Gasteiger partial charge in [-0.25, -0.2) is 4.39 Å². The largest absolute Gasteiger partial charge is 0.343 e. The van der Waals surface area contributed by atoms with Gasteiger partial charge >= 0.3 is 0 Å². The second-order valence-electron chi connectivity index (χ2n) is 6.81. The second-order valence-corrected chi connectivity index (χ2v) is 7.93. The first kappa shape index (κ1) is 20.6. The van der Waals surface area contributed by atoms with Crippen molar-refractivity contribution in [2.75, 3.05) is 11.9 Å². The first-order valence-electron chi connectivity index (χ1n) is 9.68. The molecular weight excluding hydrogens is 411 g/mol. The minimum atomic E-state index is -0.346. The summed E-state index contributed by atoms with van der Waals surface area (Å²) in [6.07, 6.45) is 0. The van der Waals surface area contributed by atoms with Gasteiger partial charge in [-0.15, -0.1) is 0 Å². The van der Waals surface area contributed by atoms with Crippen LogP contribution in [0, 0.1) is 5.82 Å². The molecule has 0 fully saturated rings. The van der Waals surface area contributed by atoms with Crippen LogP contribution in [0.3, 0.4) is 0 Å². The molecule has 0 saturated carbocycles. The molecule has 4 aromatic rings. The Morgan fingerprint density at radius 3 is 2.45 bits per heavy atom. The van der Waals surface area contributed by atoms with Crippen LogP contribution in [-0.4, -0.2) is 18.4 Å². The number of para-hydroxylation sites is 1. The van der Waals surface area contributed by atoms with Crippen LogP contribution in [-0.2, 0) is 4.79 Å². The number of amides is 2. The number of halogens is 1. The van der Waals surface area contributed by atoms with Crippen molar-refractivity contribution in [3.8, 4) is 0 Å². The third kappa shape index (κ3) is 5.10. The minimum Gasteiger partial charge on any atom is -0.343 e. The first-order chi connectivity index (χ1) is 15.1. The Balaban J connectivity index is 1.42. The van der Waals surface area contributed by atoms with Crippen molar-refractivity contribution in [1.82, 2.24) is 5.32 Å². The average Bonchev–Trinajstić information content (AvgIpc) is 2.78. The van der Waals surface area contributed by atoms with E-state index in [1.165, 1.54) is 23.9 Å². The molecule has 154 valence electrons. The van der Waals surface area contributed by atoms with E-state index in [0.717, 1.165) is 20.6 Å². The van der Waals surface area contributed by atoms with Crippen LogP contribution in [0.2, 0.25) is 0 Å². The molecule has 6 heteroatoms. The summed E-state index contributed by atoms with van der Waals surface area (Å²) >= 11 is 1.35. The lowest BCUT2D eigenvalue weighted by Gasteiger charge is -2.12. The standard InChI is InChI=1S/C25H19FN2O2S/c26-18-9-6-10-19(15-18)31-23-14-4-3-13-22(23)28-24(29)16-27-25(30)21-12-5-8-17-7-1-2-11-20(17)21/h1-15H,16H2,(H,27,30)(H,28,29). The highest BCUT2D eigenvalue weighted by Gasteiger charge is 2.13. The summed E-state index contributed by atoms with van der Waals surface area (Å²) < 4.78 is 13.5. The van der Waals surface area contributed by atoms with Gasteiger partial charge < -0.3 is 10.6 Å². The lowest BCUT2D eigenvalue weighted by molar-refractivity contribution is -0.115. The Morgan fingerprint density at radius 1 is 0.839 bits per heavy atom. The zero-order chi connectivity index (χ0) is 21.6. The highest BCUT2D eigenvalue weighted by molar-refractivity contribution is 7.99. The van der Waals surface area contributed by atoms with Crippen LogP contribution in [0.4, 0.5) is 10.1 Å². The molecular formula is C25H19FN2O2S. The average molecular weight is 431 g/mol. The van der Waals surface area contributed by atoms with Crippen LogP contribution < -0.4 is 10.6 Å². The van der Waals surface area contributed by atoms with Gasteiger partial charge in [0.15, 0.2) is 0 Å². The monoisotopic (exact) mass is 430 g/mol. The van der Waals surface area contributed by atoms with Gasteiger partial charge in [0.1, 0.15) is 5.82 Å². The lowest BCUT2D eigenvalue weighted by atomic mass is 10.0. The molecule has 4 nitrogen and oxygen atoms in total. The van der Waals surface area contributed by atoms with Crippen molar-refractivity contribution in [2.24, 2.45) is 0 Å². The number of rotatable bonds is 6. The maximum atomic E-state index is 13.5. The van der Waals surface area contributed by atoms with Gasteiger partial charge in [-0.1, -0.05) is 66.4 Å². The van der Waals surface area contributed by atoms with Gasteiger partial charge in [0, 0.05) is 15.4 Å². The first-order valence-corrected chi connectivity index (χ1v) is 10.5. The quantitative estimate of drug-likeness (QED) is 0.425. The van der Waals surface area contributed by atoms with E-state index in [4.69, 9.17) is 0 Å². The molecule has 0 atom stereocenters. The van der Waals surface area contributed by atoms with Gasteiger partial charge in [0.2, 0.25) is 5.91 Å². The molecule has 0 bridgehead atoms. The summed E-state index contributed by atoms with van der Waals surface area (Å²) in [4.78, 5) is 26.6. The summed E-state index contributed by atoms with van der Waals surface area (Å²) in [7, 11) is 0.